The second-order valence-electron chi connectivity index (χ2n) is 6.85. The third-order valence-electron chi connectivity index (χ3n) is 4.64. The molecule has 0 atom stereocenters. The summed E-state index contributed by atoms with van der Waals surface area (Å²) in [6.45, 7) is 2.28. The van der Waals surface area contributed by atoms with Crippen LogP contribution in [0.4, 0.5) is 0 Å². The van der Waals surface area contributed by atoms with Gasteiger partial charge in [-0.25, -0.2) is 0 Å². The maximum Gasteiger partial charge on any atom is 0.232 e. The van der Waals surface area contributed by atoms with Crippen molar-refractivity contribution in [3.05, 3.63) is 105 Å². The molecule has 0 radical (unpaired) electrons. The van der Waals surface area contributed by atoms with Gasteiger partial charge in [0, 0.05) is 6.07 Å². The Morgan fingerprint density at radius 2 is 1.77 bits per heavy atom. The molecule has 0 unspecified atom stereocenters. The number of hydrogen-bond donors (Lipinski definition) is 0. The van der Waals surface area contributed by atoms with Gasteiger partial charge in [-0.2, -0.15) is 0 Å². The van der Waals surface area contributed by atoms with Crippen molar-refractivity contribution < 1.29 is 14.3 Å². The summed E-state index contributed by atoms with van der Waals surface area (Å²) in [5.41, 5.74) is 3.20. The molecule has 1 aliphatic rings. The third-order valence-corrected chi connectivity index (χ3v) is 5.38. The number of rotatable bonds is 5. The molecule has 5 heteroatoms. The Labute approximate surface area is 185 Å². The van der Waals surface area contributed by atoms with Crippen molar-refractivity contribution in [3.63, 3.8) is 0 Å². The number of Topliss-reactive ketones (excluding diaryl/α,β-unsaturated/α-hetero) is 1. The van der Waals surface area contributed by atoms with Crippen LogP contribution < -0.4 is 9.47 Å². The molecule has 0 amide bonds. The van der Waals surface area contributed by atoms with Gasteiger partial charge in [-0.05, 0) is 54.0 Å². The van der Waals surface area contributed by atoms with Gasteiger partial charge < -0.3 is 9.47 Å². The lowest BCUT2D eigenvalue weighted by Gasteiger charge is -2.07. The van der Waals surface area contributed by atoms with Gasteiger partial charge >= 0.3 is 0 Å². The molecule has 0 saturated carbocycles. The van der Waals surface area contributed by atoms with E-state index in [4.69, 9.17) is 32.7 Å². The predicted octanol–water partition coefficient (Wildman–Crippen LogP) is 7.01. The minimum absolute atomic E-state index is 0.163. The van der Waals surface area contributed by atoms with Gasteiger partial charge in [0.2, 0.25) is 5.78 Å². The summed E-state index contributed by atoms with van der Waals surface area (Å²) in [6.07, 6.45) is 5.60. The van der Waals surface area contributed by atoms with Gasteiger partial charge in [-0.3, -0.25) is 4.79 Å². The summed E-state index contributed by atoms with van der Waals surface area (Å²) in [7, 11) is 0. The third kappa shape index (κ3) is 4.43. The van der Waals surface area contributed by atoms with Gasteiger partial charge in [-0.1, -0.05) is 65.7 Å². The van der Waals surface area contributed by atoms with E-state index in [1.165, 1.54) is 0 Å². The van der Waals surface area contributed by atoms with E-state index in [9.17, 15) is 4.79 Å². The molecule has 3 nitrogen and oxygen atoms in total. The largest absolute Gasteiger partial charge is 0.489 e. The molecule has 30 heavy (non-hydrogen) atoms. The minimum Gasteiger partial charge on any atom is -0.489 e. The van der Waals surface area contributed by atoms with Crippen LogP contribution in [-0.4, -0.2) is 12.4 Å². The molecule has 0 aliphatic carbocycles. The maximum absolute atomic E-state index is 12.8. The fourth-order valence-corrected chi connectivity index (χ4v) is 3.51. The zero-order valence-electron chi connectivity index (χ0n) is 16.2. The van der Waals surface area contributed by atoms with Crippen molar-refractivity contribution in [2.24, 2.45) is 0 Å². The number of ketones is 1. The van der Waals surface area contributed by atoms with Gasteiger partial charge in [0.25, 0.3) is 0 Å². The van der Waals surface area contributed by atoms with Crippen LogP contribution in [0.5, 0.6) is 11.5 Å². The molecule has 4 rings (SSSR count). The number of carbonyl (C=O) groups is 1. The Balaban J connectivity index is 1.50. The number of aryl methyl sites for hydroxylation is 1. The standard InChI is InChI=1S/C25H18Cl2O3/c1-16-12-19(29-11-5-8-17-6-3-2-4-7-17)15-22-24(16)25(28)23(30-22)14-18-9-10-20(26)21(27)13-18/h2-10,12-15H,11H2,1H3/b8-5+,23-14-. The van der Waals surface area contributed by atoms with Crippen molar-refractivity contribution >= 4 is 41.1 Å². The molecule has 1 aliphatic heterocycles. The highest BCUT2D eigenvalue weighted by Crippen LogP contribution is 2.37. The molecular weight excluding hydrogens is 419 g/mol. The fraction of sp³-hybridized carbons (Fsp3) is 0.0800. The molecule has 1 heterocycles. The highest BCUT2D eigenvalue weighted by molar-refractivity contribution is 6.42. The normalized spacial score (nSPS) is 14.2. The average molecular weight is 437 g/mol. The first-order chi connectivity index (χ1) is 14.5. The summed E-state index contributed by atoms with van der Waals surface area (Å²) in [5.74, 6) is 1.22. The van der Waals surface area contributed by atoms with Crippen LogP contribution in [0.3, 0.4) is 0 Å². The molecular formula is C25H18Cl2O3. The summed E-state index contributed by atoms with van der Waals surface area (Å²) in [4.78, 5) is 12.8. The molecule has 0 fully saturated rings. The Hall–Kier alpha value is -3.01. The predicted molar refractivity (Wildman–Crippen MR) is 122 cm³/mol. The topological polar surface area (TPSA) is 35.5 Å². The average Bonchev–Trinajstić information content (AvgIpc) is 3.04. The molecule has 0 saturated heterocycles. The smallest absolute Gasteiger partial charge is 0.232 e. The zero-order chi connectivity index (χ0) is 21.1. The van der Waals surface area contributed by atoms with Crippen molar-refractivity contribution in [3.8, 4) is 11.5 Å². The first-order valence-electron chi connectivity index (χ1n) is 9.39. The number of hydrogen-bond acceptors (Lipinski definition) is 3. The van der Waals surface area contributed by atoms with Crippen LogP contribution in [0.15, 0.2) is 72.5 Å². The van der Waals surface area contributed by atoms with Crippen molar-refractivity contribution in [2.45, 2.75) is 6.92 Å². The highest BCUT2D eigenvalue weighted by Gasteiger charge is 2.30. The molecule has 3 aromatic rings. The van der Waals surface area contributed by atoms with Gasteiger partial charge in [0.15, 0.2) is 5.76 Å². The van der Waals surface area contributed by atoms with Crippen molar-refractivity contribution in [1.82, 2.24) is 0 Å². The number of fused-ring (bicyclic) bond motifs is 1. The second-order valence-corrected chi connectivity index (χ2v) is 7.67. The van der Waals surface area contributed by atoms with E-state index in [1.54, 1.807) is 30.3 Å². The quantitative estimate of drug-likeness (QED) is 0.403. The van der Waals surface area contributed by atoms with Crippen LogP contribution in [0.2, 0.25) is 10.0 Å². The van der Waals surface area contributed by atoms with E-state index in [0.717, 1.165) is 16.7 Å². The van der Waals surface area contributed by atoms with Crippen LogP contribution in [0, 0.1) is 6.92 Å². The van der Waals surface area contributed by atoms with E-state index < -0.39 is 0 Å². The van der Waals surface area contributed by atoms with Crippen LogP contribution in [-0.2, 0) is 0 Å². The summed E-state index contributed by atoms with van der Waals surface area (Å²) in [6, 6.07) is 18.7. The fourth-order valence-electron chi connectivity index (χ4n) is 3.21. The van der Waals surface area contributed by atoms with E-state index in [0.29, 0.717) is 33.7 Å². The number of benzene rings is 3. The molecule has 3 aromatic carbocycles. The number of halogens is 2. The Morgan fingerprint density at radius 3 is 2.53 bits per heavy atom. The van der Waals surface area contributed by atoms with E-state index >= 15 is 0 Å². The summed E-state index contributed by atoms with van der Waals surface area (Å²) in [5, 5.41) is 0.879. The number of allylic oxidation sites excluding steroid dienone is 1. The summed E-state index contributed by atoms with van der Waals surface area (Å²) >= 11 is 12.0. The first kappa shape index (κ1) is 20.3. The van der Waals surface area contributed by atoms with Crippen LogP contribution in [0.1, 0.15) is 27.0 Å². The molecule has 150 valence electrons. The maximum atomic E-state index is 12.8. The first-order valence-corrected chi connectivity index (χ1v) is 10.2. The van der Waals surface area contributed by atoms with Gasteiger partial charge in [0.05, 0.1) is 15.6 Å². The second kappa shape index (κ2) is 8.78. The van der Waals surface area contributed by atoms with E-state index in [-0.39, 0.29) is 11.5 Å². The Morgan fingerprint density at radius 1 is 0.967 bits per heavy atom. The van der Waals surface area contributed by atoms with E-state index in [2.05, 4.69) is 0 Å². The number of carbonyl (C=O) groups excluding carboxylic acids is 1. The molecule has 0 bridgehead atoms. The van der Waals surface area contributed by atoms with Gasteiger partial charge in [-0.15, -0.1) is 0 Å². The van der Waals surface area contributed by atoms with Crippen LogP contribution >= 0.6 is 23.2 Å². The Kier molecular flexibility index (Phi) is 5.93. The van der Waals surface area contributed by atoms with Gasteiger partial charge in [0.1, 0.15) is 18.1 Å². The lowest BCUT2D eigenvalue weighted by Crippen LogP contribution is -2.00. The highest BCUT2D eigenvalue weighted by atomic mass is 35.5. The lowest BCUT2D eigenvalue weighted by atomic mass is 10.0. The molecule has 0 aromatic heterocycles. The van der Waals surface area contributed by atoms with Crippen LogP contribution in [0.25, 0.3) is 12.2 Å². The SMILES string of the molecule is Cc1cc(OC/C=C/c2ccccc2)cc2c1C(=O)/C(=C/c1ccc(Cl)c(Cl)c1)O2. The van der Waals surface area contributed by atoms with Crippen molar-refractivity contribution in [2.75, 3.05) is 6.61 Å². The summed E-state index contributed by atoms with van der Waals surface area (Å²) < 4.78 is 11.6. The number of ether oxygens (including phenoxy) is 2. The van der Waals surface area contributed by atoms with Crippen molar-refractivity contribution in [1.29, 1.82) is 0 Å². The molecule has 0 spiro atoms. The van der Waals surface area contributed by atoms with E-state index in [1.807, 2.05) is 55.5 Å². The monoisotopic (exact) mass is 436 g/mol. The lowest BCUT2D eigenvalue weighted by molar-refractivity contribution is 0.101. The molecule has 0 N–H and O–H groups in total. The zero-order valence-corrected chi connectivity index (χ0v) is 17.7. The minimum atomic E-state index is -0.163. The Bertz CT molecular complexity index is 1160.